The zero-order valence-corrected chi connectivity index (χ0v) is 11.9. The smallest absolute Gasteiger partial charge is 0.259 e. The Morgan fingerprint density at radius 3 is 2.67 bits per heavy atom. The topological polar surface area (TPSA) is 90.0 Å². The number of nitrogens with two attached hydrogens (primary N) is 1. The summed E-state index contributed by atoms with van der Waals surface area (Å²) >= 11 is 0. The van der Waals surface area contributed by atoms with Crippen molar-refractivity contribution in [2.75, 3.05) is 6.54 Å². The molecule has 0 fully saturated rings. The molecule has 0 amide bonds. The Labute approximate surface area is 109 Å². The van der Waals surface area contributed by atoms with Crippen molar-refractivity contribution in [3.63, 3.8) is 0 Å². The number of hydrogen-bond donors (Lipinski definition) is 2. The molecular weight excluding hydrogens is 252 g/mol. The van der Waals surface area contributed by atoms with E-state index < -0.39 is 10.0 Å². The van der Waals surface area contributed by atoms with Gasteiger partial charge in [0.15, 0.2) is 5.03 Å². The van der Waals surface area contributed by atoms with Gasteiger partial charge in [0.05, 0.1) is 6.33 Å². The Hall–Kier alpha value is -0.920. The molecule has 1 aromatic heterocycles. The summed E-state index contributed by atoms with van der Waals surface area (Å²) in [4.78, 5) is 3.87. The van der Waals surface area contributed by atoms with E-state index in [4.69, 9.17) is 5.73 Å². The molecule has 0 aliphatic carbocycles. The van der Waals surface area contributed by atoms with Crippen LogP contribution in [0.3, 0.4) is 0 Å². The molecule has 0 saturated heterocycles. The Bertz CT molecular complexity index is 467. The predicted molar refractivity (Wildman–Crippen MR) is 70.5 cm³/mol. The van der Waals surface area contributed by atoms with Crippen LogP contribution in [0.2, 0.25) is 0 Å². The van der Waals surface area contributed by atoms with Gasteiger partial charge < -0.3 is 10.3 Å². The van der Waals surface area contributed by atoms with Crippen LogP contribution in [0.4, 0.5) is 0 Å². The first-order valence-corrected chi connectivity index (χ1v) is 7.60. The van der Waals surface area contributed by atoms with Crippen LogP contribution in [0.15, 0.2) is 17.6 Å². The van der Waals surface area contributed by atoms with E-state index in [2.05, 4.69) is 23.6 Å². The van der Waals surface area contributed by atoms with Crippen molar-refractivity contribution < 1.29 is 8.42 Å². The first kappa shape index (κ1) is 15.1. The zero-order chi connectivity index (χ0) is 13.8. The molecular formula is C11H22N4O2S. The highest BCUT2D eigenvalue weighted by Gasteiger charge is 2.18. The molecule has 3 N–H and O–H groups in total. The van der Waals surface area contributed by atoms with Crippen molar-refractivity contribution in [3.8, 4) is 0 Å². The minimum atomic E-state index is -3.54. The van der Waals surface area contributed by atoms with Crippen molar-refractivity contribution >= 4 is 10.0 Å². The molecule has 1 rings (SSSR count). The van der Waals surface area contributed by atoms with Crippen LogP contribution in [-0.2, 0) is 16.6 Å². The van der Waals surface area contributed by atoms with Gasteiger partial charge in [0.1, 0.15) is 0 Å². The number of hydrogen-bond acceptors (Lipinski definition) is 4. The van der Waals surface area contributed by atoms with E-state index in [9.17, 15) is 8.42 Å². The van der Waals surface area contributed by atoms with Crippen LogP contribution in [0.1, 0.15) is 27.2 Å². The molecule has 0 aliphatic heterocycles. The number of nitrogens with one attached hydrogen (secondary N) is 1. The van der Waals surface area contributed by atoms with Gasteiger partial charge in [0, 0.05) is 25.3 Å². The third-order valence-electron chi connectivity index (χ3n) is 2.56. The molecule has 0 spiro atoms. The molecule has 1 atom stereocenters. The van der Waals surface area contributed by atoms with E-state index in [1.165, 1.54) is 12.5 Å². The third kappa shape index (κ3) is 4.40. The average molecular weight is 274 g/mol. The summed E-state index contributed by atoms with van der Waals surface area (Å²) in [5.74, 6) is 0.448. The van der Waals surface area contributed by atoms with E-state index in [0.29, 0.717) is 12.5 Å². The van der Waals surface area contributed by atoms with E-state index in [0.717, 1.165) is 6.42 Å². The lowest BCUT2D eigenvalue weighted by molar-refractivity contribution is 0.485. The number of aromatic nitrogens is 2. The highest BCUT2D eigenvalue weighted by atomic mass is 32.2. The fraction of sp³-hybridized carbons (Fsp3) is 0.727. The Balaban J connectivity index is 2.59. The van der Waals surface area contributed by atoms with Gasteiger partial charge in [0.25, 0.3) is 10.0 Å². The Morgan fingerprint density at radius 2 is 2.17 bits per heavy atom. The maximum Gasteiger partial charge on any atom is 0.259 e. The minimum absolute atomic E-state index is 0.0427. The van der Waals surface area contributed by atoms with E-state index in [1.807, 2.05) is 6.92 Å². The summed E-state index contributed by atoms with van der Waals surface area (Å²) < 4.78 is 28.0. The number of aryl methyl sites for hydroxylation is 1. The lowest BCUT2D eigenvalue weighted by Gasteiger charge is -2.14. The van der Waals surface area contributed by atoms with Crippen molar-refractivity contribution in [2.45, 2.75) is 44.8 Å². The number of nitrogens with zero attached hydrogens (tertiary/aromatic N) is 2. The number of sulfonamides is 1. The second kappa shape index (κ2) is 6.31. The fourth-order valence-electron chi connectivity index (χ4n) is 1.63. The maximum atomic E-state index is 11.9. The van der Waals surface area contributed by atoms with Crippen LogP contribution < -0.4 is 10.5 Å². The maximum absolute atomic E-state index is 11.9. The summed E-state index contributed by atoms with van der Waals surface area (Å²) in [6.07, 6.45) is 3.80. The lowest BCUT2D eigenvalue weighted by atomic mass is 10.1. The van der Waals surface area contributed by atoms with Crippen LogP contribution in [0.25, 0.3) is 0 Å². The fourth-order valence-corrected chi connectivity index (χ4v) is 2.67. The van der Waals surface area contributed by atoms with Crippen LogP contribution in [0.5, 0.6) is 0 Å². The van der Waals surface area contributed by atoms with Gasteiger partial charge in [-0.2, -0.15) is 0 Å². The van der Waals surface area contributed by atoms with Crippen LogP contribution in [0, 0.1) is 5.92 Å². The second-order valence-electron chi connectivity index (χ2n) is 4.78. The average Bonchev–Trinajstić information content (AvgIpc) is 2.75. The molecule has 0 radical (unpaired) electrons. The summed E-state index contributed by atoms with van der Waals surface area (Å²) in [6, 6.07) is -0.173. The second-order valence-corrected chi connectivity index (χ2v) is 6.50. The van der Waals surface area contributed by atoms with Crippen molar-refractivity contribution in [3.05, 3.63) is 12.5 Å². The summed E-state index contributed by atoms with van der Waals surface area (Å²) in [6.45, 7) is 6.95. The molecule has 1 heterocycles. The number of rotatable bonds is 7. The normalized spacial score (nSPS) is 14.1. The van der Waals surface area contributed by atoms with Crippen molar-refractivity contribution in [1.82, 2.24) is 14.3 Å². The molecule has 6 nitrogen and oxygen atoms in total. The molecule has 0 aliphatic rings. The molecule has 7 heteroatoms. The molecule has 1 unspecified atom stereocenters. The monoisotopic (exact) mass is 274 g/mol. The van der Waals surface area contributed by atoms with Crippen LogP contribution in [-0.4, -0.2) is 30.6 Å². The van der Waals surface area contributed by atoms with Gasteiger partial charge in [-0.1, -0.05) is 13.8 Å². The summed E-state index contributed by atoms with van der Waals surface area (Å²) in [5.41, 5.74) is 5.84. The third-order valence-corrected chi connectivity index (χ3v) is 3.87. The van der Waals surface area contributed by atoms with Crippen molar-refractivity contribution in [1.29, 1.82) is 0 Å². The molecule has 0 aromatic carbocycles. The lowest BCUT2D eigenvalue weighted by Crippen LogP contribution is -2.38. The van der Waals surface area contributed by atoms with E-state index in [-0.39, 0.29) is 17.6 Å². The van der Waals surface area contributed by atoms with Gasteiger partial charge >= 0.3 is 0 Å². The largest absolute Gasteiger partial charge is 0.336 e. The first-order valence-electron chi connectivity index (χ1n) is 6.12. The minimum Gasteiger partial charge on any atom is -0.336 e. The molecule has 1 aromatic rings. The first-order chi connectivity index (χ1) is 8.35. The summed E-state index contributed by atoms with van der Waals surface area (Å²) in [5, 5.41) is 0.0427. The Morgan fingerprint density at radius 1 is 1.50 bits per heavy atom. The molecule has 0 bridgehead atoms. The Kier molecular flexibility index (Phi) is 5.30. The van der Waals surface area contributed by atoms with Crippen LogP contribution >= 0.6 is 0 Å². The van der Waals surface area contributed by atoms with Gasteiger partial charge in [-0.15, -0.1) is 0 Å². The van der Waals surface area contributed by atoms with Gasteiger partial charge in [-0.25, -0.2) is 18.1 Å². The van der Waals surface area contributed by atoms with E-state index >= 15 is 0 Å². The molecule has 18 heavy (non-hydrogen) atoms. The quantitative estimate of drug-likeness (QED) is 0.760. The zero-order valence-electron chi connectivity index (χ0n) is 11.1. The van der Waals surface area contributed by atoms with Gasteiger partial charge in [-0.3, -0.25) is 0 Å². The standard InChI is InChI=1S/C11H22N4O2S/c1-4-15-7-11(13-8-15)18(16,17)14-6-10(12)5-9(2)3/h7-10,14H,4-6,12H2,1-3H3. The molecule has 104 valence electrons. The van der Waals surface area contributed by atoms with Crippen molar-refractivity contribution in [2.24, 2.45) is 11.7 Å². The van der Waals surface area contributed by atoms with Gasteiger partial charge in [-0.05, 0) is 19.3 Å². The predicted octanol–water partition coefficient (Wildman–Crippen LogP) is 0.555. The number of imidazole rings is 1. The van der Waals surface area contributed by atoms with Gasteiger partial charge in [0.2, 0.25) is 0 Å². The molecule has 0 saturated carbocycles. The highest BCUT2D eigenvalue weighted by Crippen LogP contribution is 2.06. The highest BCUT2D eigenvalue weighted by molar-refractivity contribution is 7.89. The summed E-state index contributed by atoms with van der Waals surface area (Å²) in [7, 11) is -3.54. The van der Waals surface area contributed by atoms with E-state index in [1.54, 1.807) is 4.57 Å². The SMILES string of the molecule is CCn1cnc(S(=O)(=O)NCC(N)CC(C)C)c1.